The molecule has 0 bridgehead atoms. The highest BCUT2D eigenvalue weighted by molar-refractivity contribution is 5.93. The van der Waals surface area contributed by atoms with Crippen LogP contribution in [0.2, 0.25) is 0 Å². The molecule has 2 aliphatic rings. The minimum absolute atomic E-state index is 0.684. The standard InChI is InChI=1S/C11H9N3/c1-2-4-11-9(3-1)5-10-6-12-7-14(10)8-13-11/h1-6,8H,7H2. The van der Waals surface area contributed by atoms with Crippen molar-refractivity contribution in [3.05, 3.63) is 35.5 Å². The first-order chi connectivity index (χ1) is 6.93. The predicted octanol–water partition coefficient (Wildman–Crippen LogP) is 2.04. The third-order valence-corrected chi connectivity index (χ3v) is 2.37. The fourth-order valence-electron chi connectivity index (χ4n) is 1.62. The van der Waals surface area contributed by atoms with Gasteiger partial charge in [0.05, 0.1) is 17.7 Å². The van der Waals surface area contributed by atoms with Crippen molar-refractivity contribution in [2.75, 3.05) is 6.67 Å². The molecule has 0 aromatic heterocycles. The maximum atomic E-state index is 4.40. The molecule has 2 aliphatic heterocycles. The molecule has 0 saturated heterocycles. The third-order valence-electron chi connectivity index (χ3n) is 2.37. The Morgan fingerprint density at radius 2 is 2.14 bits per heavy atom. The first kappa shape index (κ1) is 7.50. The second-order valence-corrected chi connectivity index (χ2v) is 3.30. The van der Waals surface area contributed by atoms with Gasteiger partial charge in [-0.1, -0.05) is 18.2 Å². The van der Waals surface area contributed by atoms with Crippen LogP contribution in [0.4, 0.5) is 5.69 Å². The quantitative estimate of drug-likeness (QED) is 0.605. The smallest absolute Gasteiger partial charge is 0.115 e. The molecule has 3 nitrogen and oxygen atoms in total. The highest BCUT2D eigenvalue weighted by Crippen LogP contribution is 2.25. The summed E-state index contributed by atoms with van der Waals surface area (Å²) in [6.07, 6.45) is 5.83. The molecule has 0 aliphatic carbocycles. The van der Waals surface area contributed by atoms with E-state index < -0.39 is 0 Å². The normalized spacial score (nSPS) is 17.4. The zero-order chi connectivity index (χ0) is 9.38. The fourth-order valence-corrected chi connectivity index (χ4v) is 1.62. The van der Waals surface area contributed by atoms with Crippen molar-refractivity contribution in [2.24, 2.45) is 9.98 Å². The topological polar surface area (TPSA) is 28.0 Å². The van der Waals surface area contributed by atoms with Crippen LogP contribution in [0.3, 0.4) is 0 Å². The minimum Gasteiger partial charge on any atom is -0.311 e. The van der Waals surface area contributed by atoms with Crippen molar-refractivity contribution >= 4 is 24.3 Å². The van der Waals surface area contributed by atoms with E-state index in [9.17, 15) is 0 Å². The summed E-state index contributed by atoms with van der Waals surface area (Å²) in [5.41, 5.74) is 3.27. The van der Waals surface area contributed by atoms with Crippen molar-refractivity contribution in [1.82, 2.24) is 4.90 Å². The van der Waals surface area contributed by atoms with E-state index in [1.165, 1.54) is 0 Å². The molecule has 3 heteroatoms. The van der Waals surface area contributed by atoms with Gasteiger partial charge in [0, 0.05) is 11.8 Å². The molecule has 3 rings (SSSR count). The summed E-state index contributed by atoms with van der Waals surface area (Å²) < 4.78 is 0. The Labute approximate surface area is 82.1 Å². The summed E-state index contributed by atoms with van der Waals surface area (Å²) in [6, 6.07) is 8.10. The third kappa shape index (κ3) is 1.06. The zero-order valence-corrected chi connectivity index (χ0v) is 7.59. The average Bonchev–Trinajstić information content (AvgIpc) is 2.58. The van der Waals surface area contributed by atoms with Gasteiger partial charge in [0.15, 0.2) is 0 Å². The second-order valence-electron chi connectivity index (χ2n) is 3.30. The van der Waals surface area contributed by atoms with E-state index in [-0.39, 0.29) is 0 Å². The van der Waals surface area contributed by atoms with Gasteiger partial charge in [-0.2, -0.15) is 0 Å². The van der Waals surface area contributed by atoms with E-state index >= 15 is 0 Å². The molecule has 1 aromatic carbocycles. The number of hydrogen-bond donors (Lipinski definition) is 0. The number of fused-ring (bicyclic) bond motifs is 2. The molecule has 2 heterocycles. The van der Waals surface area contributed by atoms with Gasteiger partial charge in [0.1, 0.15) is 6.67 Å². The van der Waals surface area contributed by atoms with Crippen LogP contribution in [0.1, 0.15) is 5.56 Å². The number of para-hydroxylation sites is 1. The van der Waals surface area contributed by atoms with E-state index in [4.69, 9.17) is 0 Å². The number of hydrogen-bond acceptors (Lipinski definition) is 3. The number of allylic oxidation sites excluding steroid dienone is 1. The molecule has 0 atom stereocenters. The molecule has 68 valence electrons. The van der Waals surface area contributed by atoms with Crippen LogP contribution in [0.25, 0.3) is 6.08 Å². The largest absolute Gasteiger partial charge is 0.311 e. The molecular formula is C11H9N3. The number of rotatable bonds is 0. The highest BCUT2D eigenvalue weighted by Gasteiger charge is 2.13. The molecule has 0 saturated carbocycles. The summed E-state index contributed by atoms with van der Waals surface area (Å²) in [6.45, 7) is 0.684. The van der Waals surface area contributed by atoms with Crippen LogP contribution in [0.5, 0.6) is 0 Å². The van der Waals surface area contributed by atoms with Gasteiger partial charge in [0.2, 0.25) is 0 Å². The average molecular weight is 183 g/mol. The highest BCUT2D eigenvalue weighted by atomic mass is 15.3. The Bertz CT molecular complexity index is 457. The van der Waals surface area contributed by atoms with Crippen LogP contribution < -0.4 is 0 Å². The van der Waals surface area contributed by atoms with E-state index in [0.717, 1.165) is 16.9 Å². The Morgan fingerprint density at radius 1 is 1.21 bits per heavy atom. The van der Waals surface area contributed by atoms with Gasteiger partial charge in [-0.15, -0.1) is 0 Å². The van der Waals surface area contributed by atoms with Crippen molar-refractivity contribution in [1.29, 1.82) is 0 Å². The van der Waals surface area contributed by atoms with Crippen LogP contribution in [0.15, 0.2) is 39.9 Å². The fraction of sp³-hybridized carbons (Fsp3) is 0.0909. The van der Waals surface area contributed by atoms with Crippen LogP contribution in [-0.2, 0) is 0 Å². The summed E-state index contributed by atoms with van der Waals surface area (Å²) >= 11 is 0. The van der Waals surface area contributed by atoms with Crippen molar-refractivity contribution in [2.45, 2.75) is 0 Å². The summed E-state index contributed by atoms with van der Waals surface area (Å²) in [7, 11) is 0. The van der Waals surface area contributed by atoms with Gasteiger partial charge in [0.25, 0.3) is 0 Å². The molecule has 0 spiro atoms. The van der Waals surface area contributed by atoms with E-state index in [0.29, 0.717) is 6.67 Å². The van der Waals surface area contributed by atoms with E-state index in [1.807, 2.05) is 35.7 Å². The molecule has 0 amide bonds. The van der Waals surface area contributed by atoms with Crippen LogP contribution >= 0.6 is 0 Å². The lowest BCUT2D eigenvalue weighted by atomic mass is 10.1. The Balaban J connectivity index is 2.19. The second kappa shape index (κ2) is 2.80. The summed E-state index contributed by atoms with van der Waals surface area (Å²) in [5.74, 6) is 0. The monoisotopic (exact) mass is 183 g/mol. The molecule has 0 radical (unpaired) electrons. The minimum atomic E-state index is 0.684. The lowest BCUT2D eigenvalue weighted by molar-refractivity contribution is 0.605. The van der Waals surface area contributed by atoms with Gasteiger partial charge >= 0.3 is 0 Å². The first-order valence-electron chi connectivity index (χ1n) is 4.55. The van der Waals surface area contributed by atoms with Crippen LogP contribution in [0, 0.1) is 0 Å². The van der Waals surface area contributed by atoms with Crippen molar-refractivity contribution in [3.8, 4) is 0 Å². The van der Waals surface area contributed by atoms with E-state index in [1.54, 1.807) is 0 Å². The number of benzene rings is 1. The molecule has 0 fully saturated rings. The molecule has 14 heavy (non-hydrogen) atoms. The SMILES string of the molecule is C1=NCN2C=Nc3ccccc3C=C12. The van der Waals surface area contributed by atoms with Crippen molar-refractivity contribution in [3.63, 3.8) is 0 Å². The van der Waals surface area contributed by atoms with Gasteiger partial charge in [-0.25, -0.2) is 4.99 Å². The predicted molar refractivity (Wildman–Crippen MR) is 57.8 cm³/mol. The number of nitrogens with zero attached hydrogens (tertiary/aromatic N) is 3. The van der Waals surface area contributed by atoms with E-state index in [2.05, 4.69) is 22.1 Å². The van der Waals surface area contributed by atoms with Crippen LogP contribution in [-0.4, -0.2) is 24.1 Å². The maximum absolute atomic E-state index is 4.40. The summed E-state index contributed by atoms with van der Waals surface area (Å²) in [5, 5.41) is 0. The molecule has 0 N–H and O–H groups in total. The molecule has 1 aromatic rings. The Hall–Kier alpha value is -1.90. The number of aliphatic imine (C=N–C) groups is 2. The Morgan fingerprint density at radius 3 is 3.14 bits per heavy atom. The molecular weight excluding hydrogens is 174 g/mol. The molecule has 0 unspecified atom stereocenters. The maximum Gasteiger partial charge on any atom is 0.115 e. The van der Waals surface area contributed by atoms with Gasteiger partial charge in [-0.3, -0.25) is 4.99 Å². The lowest BCUT2D eigenvalue weighted by Crippen LogP contribution is -2.15. The van der Waals surface area contributed by atoms with Gasteiger partial charge < -0.3 is 4.90 Å². The van der Waals surface area contributed by atoms with Gasteiger partial charge in [-0.05, 0) is 12.1 Å². The summed E-state index contributed by atoms with van der Waals surface area (Å²) in [4.78, 5) is 10.6. The Kier molecular flexibility index (Phi) is 1.50. The lowest BCUT2D eigenvalue weighted by Gasteiger charge is -2.08. The van der Waals surface area contributed by atoms with Crippen molar-refractivity contribution < 1.29 is 0 Å². The zero-order valence-electron chi connectivity index (χ0n) is 7.59. The first-order valence-corrected chi connectivity index (χ1v) is 4.55.